The van der Waals surface area contributed by atoms with Gasteiger partial charge in [0.05, 0.1) is 0 Å². The van der Waals surface area contributed by atoms with Crippen LogP contribution in [0.3, 0.4) is 0 Å². The molecule has 0 atom stereocenters. The van der Waals surface area contributed by atoms with Gasteiger partial charge < -0.3 is 23.9 Å². The van der Waals surface area contributed by atoms with Gasteiger partial charge in [-0.05, 0) is 0 Å². The van der Waals surface area contributed by atoms with Crippen molar-refractivity contribution in [1.29, 1.82) is 0 Å². The Labute approximate surface area is 88.7 Å². The van der Waals surface area contributed by atoms with Gasteiger partial charge in [0.1, 0.15) is 0 Å². The van der Waals surface area contributed by atoms with E-state index in [0.717, 1.165) is 6.42 Å². The van der Waals surface area contributed by atoms with Crippen LogP contribution in [0.4, 0.5) is 0 Å². The van der Waals surface area contributed by atoms with Crippen LogP contribution in [0.1, 0.15) is 45.4 Å². The summed E-state index contributed by atoms with van der Waals surface area (Å²) in [4.78, 5) is 0. The average Bonchev–Trinajstić information content (AvgIpc) is 1.81. The van der Waals surface area contributed by atoms with Crippen LogP contribution in [-0.4, -0.2) is 0 Å². The molecule has 0 saturated heterocycles. The molecule has 0 amide bonds. The molecular weight excluding hydrogens is 241 g/mol. The second kappa shape index (κ2) is 16.6. The Hall–Kier alpha value is 1.10. The van der Waals surface area contributed by atoms with Crippen LogP contribution < -0.4 is 17.0 Å². The molecule has 0 radical (unpaired) electrons. The average molecular weight is 259 g/mol. The molecule has 0 nitrogen and oxygen atoms in total. The Balaban J connectivity index is -0.000000245. The molecule has 0 bridgehead atoms. The first-order valence-corrected chi connectivity index (χ1v) is 3.71. The zero-order chi connectivity index (χ0) is 6.24. The van der Waals surface area contributed by atoms with E-state index in [1.54, 1.807) is 0 Å². The molecule has 0 N–H and O–H groups in total. The standard InChI is InChI=1S/C8H17.BrH.Zn/c1-3-5-7-8-6-4-2;;/h1,3-8H2,2H3;1H;/q-1;;+2/p-1. The molecule has 10 heavy (non-hydrogen) atoms. The summed E-state index contributed by atoms with van der Waals surface area (Å²) < 4.78 is 0. The molecule has 0 spiro atoms. The smallest absolute Gasteiger partial charge is 1.00 e. The molecule has 0 unspecified atom stereocenters. The Morgan fingerprint density at radius 2 is 1.50 bits per heavy atom. The molecule has 58 valence electrons. The van der Waals surface area contributed by atoms with Crippen LogP contribution in [0.2, 0.25) is 0 Å². The molecule has 0 aliphatic carbocycles. The Morgan fingerprint density at radius 3 is 1.90 bits per heavy atom. The van der Waals surface area contributed by atoms with Crippen molar-refractivity contribution >= 4 is 0 Å². The Morgan fingerprint density at radius 1 is 1.00 bits per heavy atom. The van der Waals surface area contributed by atoms with Crippen molar-refractivity contribution in [3.8, 4) is 0 Å². The summed E-state index contributed by atoms with van der Waals surface area (Å²) in [6.07, 6.45) is 7.98. The van der Waals surface area contributed by atoms with Crippen LogP contribution in [-0.2, 0) is 19.5 Å². The predicted octanol–water partition coefficient (Wildman–Crippen LogP) is 0.182. The van der Waals surface area contributed by atoms with Crippen molar-refractivity contribution in [2.24, 2.45) is 0 Å². The third-order valence-electron chi connectivity index (χ3n) is 1.35. The van der Waals surface area contributed by atoms with Gasteiger partial charge in [-0.25, -0.2) is 0 Å². The van der Waals surface area contributed by atoms with E-state index in [0.29, 0.717) is 0 Å². The topological polar surface area (TPSA) is 0 Å². The van der Waals surface area contributed by atoms with Crippen molar-refractivity contribution in [3.63, 3.8) is 0 Å². The first kappa shape index (κ1) is 17.3. The van der Waals surface area contributed by atoms with E-state index < -0.39 is 0 Å². The predicted molar refractivity (Wildman–Crippen MR) is 38.7 cm³/mol. The maximum Gasteiger partial charge on any atom is 2.00 e. The van der Waals surface area contributed by atoms with Crippen LogP contribution in [0.25, 0.3) is 0 Å². The number of hydrogen-bond acceptors (Lipinski definition) is 0. The van der Waals surface area contributed by atoms with Crippen LogP contribution >= 0.6 is 0 Å². The van der Waals surface area contributed by atoms with Crippen molar-refractivity contribution in [3.05, 3.63) is 6.92 Å². The first-order valence-electron chi connectivity index (χ1n) is 3.71. The first-order chi connectivity index (χ1) is 3.91. The van der Waals surface area contributed by atoms with Crippen molar-refractivity contribution in [2.45, 2.75) is 45.4 Å². The Kier molecular flexibility index (Phi) is 28.6. The third-order valence-corrected chi connectivity index (χ3v) is 1.35. The molecule has 0 saturated carbocycles. The second-order valence-corrected chi connectivity index (χ2v) is 2.27. The summed E-state index contributed by atoms with van der Waals surface area (Å²) in [5.74, 6) is 0. The quantitative estimate of drug-likeness (QED) is 0.375. The molecule has 0 heterocycles. The molecule has 0 aromatic heterocycles. The van der Waals surface area contributed by atoms with E-state index in [1.165, 1.54) is 32.1 Å². The summed E-state index contributed by atoms with van der Waals surface area (Å²) in [7, 11) is 0. The minimum Gasteiger partial charge on any atom is -1.00 e. The summed E-state index contributed by atoms with van der Waals surface area (Å²) in [5, 5.41) is 0. The number of rotatable bonds is 5. The SMILES string of the molecule is [Br-].[CH2-]CCCCCCC.[Zn+2]. The van der Waals surface area contributed by atoms with Gasteiger partial charge >= 0.3 is 19.5 Å². The summed E-state index contributed by atoms with van der Waals surface area (Å²) in [6.45, 7) is 6.02. The van der Waals surface area contributed by atoms with Crippen LogP contribution in [0.5, 0.6) is 0 Å². The fourth-order valence-electron chi connectivity index (χ4n) is 0.780. The van der Waals surface area contributed by atoms with Gasteiger partial charge in [-0.2, -0.15) is 6.42 Å². The number of hydrogen-bond donors (Lipinski definition) is 0. The van der Waals surface area contributed by atoms with Gasteiger partial charge in [0.15, 0.2) is 0 Å². The van der Waals surface area contributed by atoms with E-state index in [4.69, 9.17) is 0 Å². The van der Waals surface area contributed by atoms with E-state index in [1.807, 2.05) is 0 Å². The minimum atomic E-state index is 0. The Bertz CT molecular complexity index is 34.2. The molecule has 0 aliphatic rings. The van der Waals surface area contributed by atoms with E-state index in [9.17, 15) is 0 Å². The van der Waals surface area contributed by atoms with E-state index in [2.05, 4.69) is 13.8 Å². The molecule has 2 heteroatoms. The van der Waals surface area contributed by atoms with Crippen molar-refractivity contribution in [1.82, 2.24) is 0 Å². The summed E-state index contributed by atoms with van der Waals surface area (Å²) >= 11 is 0. The zero-order valence-electron chi connectivity index (χ0n) is 7.03. The van der Waals surface area contributed by atoms with Gasteiger partial charge in [0, 0.05) is 0 Å². The van der Waals surface area contributed by atoms with Gasteiger partial charge in [0.2, 0.25) is 0 Å². The van der Waals surface area contributed by atoms with E-state index in [-0.39, 0.29) is 36.5 Å². The second-order valence-electron chi connectivity index (χ2n) is 2.27. The third kappa shape index (κ3) is 16.0. The molecule has 0 aromatic carbocycles. The number of unbranched alkanes of at least 4 members (excludes halogenated alkanes) is 5. The molecule has 0 fully saturated rings. The summed E-state index contributed by atoms with van der Waals surface area (Å²) in [5.41, 5.74) is 0. The van der Waals surface area contributed by atoms with Gasteiger partial charge in [-0.1, -0.05) is 39.0 Å². The molecule has 0 rings (SSSR count). The fraction of sp³-hybridized carbons (Fsp3) is 0.875. The van der Waals surface area contributed by atoms with E-state index >= 15 is 0 Å². The minimum absolute atomic E-state index is 0. The monoisotopic (exact) mass is 256 g/mol. The van der Waals surface area contributed by atoms with Crippen molar-refractivity contribution in [2.75, 3.05) is 0 Å². The molecule has 0 aromatic rings. The zero-order valence-corrected chi connectivity index (χ0v) is 11.6. The maximum absolute atomic E-state index is 3.78. The number of halogens is 1. The maximum atomic E-state index is 3.78. The summed E-state index contributed by atoms with van der Waals surface area (Å²) in [6, 6.07) is 0. The van der Waals surface area contributed by atoms with Gasteiger partial charge in [0.25, 0.3) is 0 Å². The largest absolute Gasteiger partial charge is 2.00 e. The fourth-order valence-corrected chi connectivity index (χ4v) is 0.780. The van der Waals surface area contributed by atoms with Crippen LogP contribution in [0.15, 0.2) is 0 Å². The van der Waals surface area contributed by atoms with Crippen LogP contribution in [0, 0.1) is 6.92 Å². The van der Waals surface area contributed by atoms with Gasteiger partial charge in [-0.15, -0.1) is 0 Å². The molecular formula is C8H17BrZn. The van der Waals surface area contributed by atoms with Crippen molar-refractivity contribution < 1.29 is 36.5 Å². The molecule has 0 aliphatic heterocycles. The normalized spacial score (nSPS) is 7.80. The van der Waals surface area contributed by atoms with Gasteiger partial charge in [-0.3, -0.25) is 0 Å².